The summed E-state index contributed by atoms with van der Waals surface area (Å²) >= 11 is 0. The van der Waals surface area contributed by atoms with Crippen molar-refractivity contribution >= 4 is 18.2 Å². The highest BCUT2D eigenvalue weighted by molar-refractivity contribution is 5.68. The Kier molecular flexibility index (Phi) is 12.2. The van der Waals surface area contributed by atoms with Gasteiger partial charge in [-0.2, -0.15) is 0 Å². The van der Waals surface area contributed by atoms with E-state index in [1.807, 2.05) is 51.1 Å². The number of nitrogens with zero attached hydrogens (tertiary/aromatic N) is 3. The van der Waals surface area contributed by atoms with E-state index in [-0.39, 0.29) is 31.8 Å². The molecule has 1 unspecified atom stereocenters. The van der Waals surface area contributed by atoms with Gasteiger partial charge < -0.3 is 28.6 Å². The summed E-state index contributed by atoms with van der Waals surface area (Å²) in [6, 6.07) is 9.85. The molecule has 2 saturated heterocycles. The van der Waals surface area contributed by atoms with E-state index in [2.05, 4.69) is 9.88 Å². The summed E-state index contributed by atoms with van der Waals surface area (Å²) in [5.41, 5.74) is -0.391. The van der Waals surface area contributed by atoms with Crippen molar-refractivity contribution in [1.82, 2.24) is 19.4 Å². The molecule has 3 heterocycles. The number of ether oxygens (including phenoxy) is 5. The largest absolute Gasteiger partial charge is 0.508 e. The zero-order valence-electron chi connectivity index (χ0n) is 27.8. The predicted octanol–water partition coefficient (Wildman–Crippen LogP) is 3.51. The van der Waals surface area contributed by atoms with Crippen molar-refractivity contribution in [1.29, 1.82) is 0 Å². The normalized spacial score (nSPS) is 21.4. The van der Waals surface area contributed by atoms with Crippen LogP contribution in [0.1, 0.15) is 70.7 Å². The van der Waals surface area contributed by atoms with Gasteiger partial charge in [-0.25, -0.2) is 14.4 Å². The number of aromatic nitrogens is 2. The Balaban J connectivity index is 1.34. The zero-order valence-corrected chi connectivity index (χ0v) is 27.8. The molecule has 1 N–H and O–H groups in total. The summed E-state index contributed by atoms with van der Waals surface area (Å²) in [6.45, 7) is 10.3. The molecule has 14 heteroatoms. The Hall–Kier alpha value is -4.17. The lowest BCUT2D eigenvalue weighted by molar-refractivity contribution is -0.150. The van der Waals surface area contributed by atoms with Gasteiger partial charge in [0.05, 0.1) is 0 Å². The smallest absolute Gasteiger partial charge is 0.459 e. The third kappa shape index (κ3) is 10.7. The van der Waals surface area contributed by atoms with Crippen LogP contribution in [-0.4, -0.2) is 94.3 Å². The Labute approximate surface area is 273 Å². The third-order valence-electron chi connectivity index (χ3n) is 7.92. The Morgan fingerprint density at radius 1 is 1.09 bits per heavy atom. The lowest BCUT2D eigenvalue weighted by Crippen LogP contribution is -2.51. The number of aryl methyl sites for hydroxylation is 1. The fraction of sp³-hybridized carbons (Fsp3) is 0.606. The van der Waals surface area contributed by atoms with E-state index < -0.39 is 47.4 Å². The molecule has 0 radical (unpaired) electrons. The minimum absolute atomic E-state index is 0.0262. The molecule has 4 atom stereocenters. The molecule has 2 aliphatic rings. The van der Waals surface area contributed by atoms with Gasteiger partial charge in [-0.1, -0.05) is 30.3 Å². The van der Waals surface area contributed by atoms with Crippen LogP contribution in [0.3, 0.4) is 0 Å². The molecule has 1 aromatic heterocycles. The topological polar surface area (TPSA) is 159 Å². The van der Waals surface area contributed by atoms with Crippen molar-refractivity contribution in [2.45, 2.75) is 96.9 Å². The van der Waals surface area contributed by atoms with Crippen LogP contribution in [0, 0.1) is 6.92 Å². The monoisotopic (exact) mass is 658 g/mol. The molecule has 1 aromatic carbocycles. The predicted molar refractivity (Wildman–Crippen MR) is 170 cm³/mol. The van der Waals surface area contributed by atoms with Gasteiger partial charge in [0, 0.05) is 57.3 Å². The molecule has 258 valence electrons. The van der Waals surface area contributed by atoms with Gasteiger partial charge in [0.2, 0.25) is 0 Å². The summed E-state index contributed by atoms with van der Waals surface area (Å²) in [5.74, 6) is -0.557. The van der Waals surface area contributed by atoms with Crippen molar-refractivity contribution in [2.75, 3.05) is 32.8 Å². The number of carbonyl (C=O) groups is 3. The van der Waals surface area contributed by atoms with E-state index in [0.717, 1.165) is 24.8 Å². The molecule has 1 amide bonds. The number of benzene rings is 1. The highest BCUT2D eigenvalue weighted by Crippen LogP contribution is 2.30. The number of nitrogens with one attached hydrogen (secondary N) is 1. The first-order chi connectivity index (χ1) is 22.3. The molecule has 4 rings (SSSR count). The standard InChI is InChI=1S/C33H46N4O10/c1-22-18-37(30(40)34-29(22)39)28-17-26(45-23(2)38)27(46-28)21-44-32(42)43-16-15-35(19-24-11-7-6-8-12-24)20-25-13-9-10-14-36(25)31(41)47-33(3,4)5/h6-8,11-12,18,25-28H,9-10,13-17,19-21H2,1-5H3,(H,34,39,40)/t25?,26-,27+,28+/m0/s1. The van der Waals surface area contributed by atoms with Gasteiger partial charge in [0.25, 0.3) is 5.56 Å². The summed E-state index contributed by atoms with van der Waals surface area (Å²) in [7, 11) is 0. The molecule has 0 bridgehead atoms. The molecule has 0 saturated carbocycles. The molecule has 0 spiro atoms. The van der Waals surface area contributed by atoms with Gasteiger partial charge in [0.1, 0.15) is 37.3 Å². The van der Waals surface area contributed by atoms with Crippen LogP contribution in [0.15, 0.2) is 46.1 Å². The van der Waals surface area contributed by atoms with Crippen LogP contribution in [0.2, 0.25) is 0 Å². The van der Waals surface area contributed by atoms with E-state index in [9.17, 15) is 24.0 Å². The van der Waals surface area contributed by atoms with Crippen molar-refractivity contribution in [3.63, 3.8) is 0 Å². The number of piperidine rings is 1. The summed E-state index contributed by atoms with van der Waals surface area (Å²) in [5, 5.41) is 0. The fourth-order valence-electron chi connectivity index (χ4n) is 5.73. The maximum absolute atomic E-state index is 13.0. The third-order valence-corrected chi connectivity index (χ3v) is 7.92. The van der Waals surface area contributed by atoms with Crippen LogP contribution in [0.5, 0.6) is 0 Å². The molecule has 2 aromatic rings. The second-order valence-corrected chi connectivity index (χ2v) is 12.9. The Morgan fingerprint density at radius 2 is 1.83 bits per heavy atom. The number of likely N-dealkylation sites (tertiary alicyclic amines) is 1. The van der Waals surface area contributed by atoms with Gasteiger partial charge in [-0.05, 0) is 52.5 Å². The number of hydrogen-bond donors (Lipinski definition) is 1. The van der Waals surface area contributed by atoms with Gasteiger partial charge in [-0.15, -0.1) is 0 Å². The lowest BCUT2D eigenvalue weighted by atomic mass is 10.0. The highest BCUT2D eigenvalue weighted by Gasteiger charge is 2.40. The maximum atomic E-state index is 13.0. The van der Waals surface area contributed by atoms with Crippen molar-refractivity contribution in [2.24, 2.45) is 0 Å². The second-order valence-electron chi connectivity index (χ2n) is 12.9. The van der Waals surface area contributed by atoms with Crippen LogP contribution >= 0.6 is 0 Å². The minimum Gasteiger partial charge on any atom is -0.459 e. The van der Waals surface area contributed by atoms with E-state index >= 15 is 0 Å². The molecular formula is C33H46N4O10. The van der Waals surface area contributed by atoms with Gasteiger partial charge in [-0.3, -0.25) is 24.0 Å². The first-order valence-electron chi connectivity index (χ1n) is 16.0. The Morgan fingerprint density at radius 3 is 2.53 bits per heavy atom. The molecule has 47 heavy (non-hydrogen) atoms. The van der Waals surface area contributed by atoms with Gasteiger partial charge >= 0.3 is 23.9 Å². The molecule has 0 aliphatic carbocycles. The first-order valence-corrected chi connectivity index (χ1v) is 16.0. The molecule has 2 fully saturated rings. The number of aromatic amines is 1. The summed E-state index contributed by atoms with van der Waals surface area (Å²) in [6.07, 6.45) is 0.468. The van der Waals surface area contributed by atoms with Crippen LogP contribution in [0.25, 0.3) is 0 Å². The first kappa shape index (κ1) is 35.7. The van der Waals surface area contributed by atoms with E-state index in [1.165, 1.54) is 17.7 Å². The van der Waals surface area contributed by atoms with Crippen LogP contribution < -0.4 is 11.2 Å². The Bertz CT molecular complexity index is 1480. The van der Waals surface area contributed by atoms with Crippen molar-refractivity contribution in [3.05, 3.63) is 68.5 Å². The second kappa shape index (κ2) is 16.1. The van der Waals surface area contributed by atoms with Crippen molar-refractivity contribution in [3.8, 4) is 0 Å². The number of H-pyrrole nitrogens is 1. The number of amides is 1. The van der Waals surface area contributed by atoms with Gasteiger partial charge in [0.15, 0.2) is 0 Å². The van der Waals surface area contributed by atoms with Crippen LogP contribution in [0.4, 0.5) is 9.59 Å². The number of carbonyl (C=O) groups excluding carboxylic acids is 3. The number of rotatable bonds is 11. The molecule has 14 nitrogen and oxygen atoms in total. The number of hydrogen-bond acceptors (Lipinski definition) is 11. The number of esters is 1. The van der Waals surface area contributed by atoms with Crippen molar-refractivity contribution < 1.29 is 38.1 Å². The minimum atomic E-state index is -0.927. The highest BCUT2D eigenvalue weighted by atomic mass is 16.7. The molecule has 2 aliphatic heterocycles. The summed E-state index contributed by atoms with van der Waals surface area (Å²) in [4.78, 5) is 67.7. The molecular weight excluding hydrogens is 612 g/mol. The van der Waals surface area contributed by atoms with Crippen LogP contribution in [-0.2, 0) is 35.0 Å². The lowest BCUT2D eigenvalue weighted by Gasteiger charge is -2.39. The fourth-order valence-corrected chi connectivity index (χ4v) is 5.73. The summed E-state index contributed by atoms with van der Waals surface area (Å²) < 4.78 is 28.9. The van der Waals surface area contributed by atoms with E-state index in [0.29, 0.717) is 31.7 Å². The maximum Gasteiger partial charge on any atom is 0.508 e. The van der Waals surface area contributed by atoms with E-state index in [4.69, 9.17) is 23.7 Å². The zero-order chi connectivity index (χ0) is 34.1. The van der Waals surface area contributed by atoms with E-state index in [1.54, 1.807) is 11.8 Å². The average molecular weight is 659 g/mol. The SMILES string of the molecule is CC(=O)O[C@H]1C[C@H](n2cc(C)c(=O)[nH]c2=O)O[C@@H]1COC(=O)OCCN(Cc1ccccc1)CC1CCCCN1C(=O)OC(C)(C)C. The quantitative estimate of drug-likeness (QED) is 0.278. The average Bonchev–Trinajstić information content (AvgIpc) is 3.39.